The average Bonchev–Trinajstić information content (AvgIpc) is 3.05. The fourth-order valence-corrected chi connectivity index (χ4v) is 2.79. The second-order valence-corrected chi connectivity index (χ2v) is 5.88. The molecule has 2 N–H and O–H groups in total. The fraction of sp³-hybridized carbons (Fsp3) is 0.500. The molecule has 0 saturated carbocycles. The van der Waals surface area contributed by atoms with Crippen LogP contribution in [0.2, 0.25) is 0 Å². The lowest BCUT2D eigenvalue weighted by molar-refractivity contribution is 0.0945. The number of hydrogen-bond acceptors (Lipinski definition) is 5. The Morgan fingerprint density at radius 1 is 1.43 bits per heavy atom. The van der Waals surface area contributed by atoms with E-state index in [-0.39, 0.29) is 5.91 Å². The van der Waals surface area contributed by atoms with Gasteiger partial charge in [-0.3, -0.25) is 9.78 Å². The molecule has 7 heteroatoms. The largest absolute Gasteiger partial charge is 0.351 e. The molecule has 1 atom stereocenters. The highest BCUT2D eigenvalue weighted by atomic mass is 16.2. The van der Waals surface area contributed by atoms with Crippen LogP contribution in [0.3, 0.4) is 0 Å². The minimum Gasteiger partial charge on any atom is -0.351 e. The van der Waals surface area contributed by atoms with Gasteiger partial charge >= 0.3 is 0 Å². The summed E-state index contributed by atoms with van der Waals surface area (Å²) in [5.41, 5.74) is 1.23. The molecule has 0 aromatic carbocycles. The van der Waals surface area contributed by atoms with Crippen LogP contribution in [0.15, 0.2) is 30.6 Å². The highest BCUT2D eigenvalue weighted by Crippen LogP contribution is 2.12. The SMILES string of the molecule is O=C(NCCC1CCCNC1)c1cn(Cc2ccccn2)nn1. The van der Waals surface area contributed by atoms with Gasteiger partial charge in [-0.2, -0.15) is 0 Å². The van der Waals surface area contributed by atoms with Gasteiger partial charge in [0.1, 0.15) is 0 Å². The van der Waals surface area contributed by atoms with E-state index >= 15 is 0 Å². The van der Waals surface area contributed by atoms with Crippen LogP contribution in [0, 0.1) is 5.92 Å². The van der Waals surface area contributed by atoms with Crippen LogP contribution in [0.4, 0.5) is 0 Å². The summed E-state index contributed by atoms with van der Waals surface area (Å²) in [7, 11) is 0. The van der Waals surface area contributed by atoms with E-state index in [9.17, 15) is 4.79 Å². The van der Waals surface area contributed by atoms with Gasteiger partial charge in [-0.05, 0) is 50.4 Å². The topological polar surface area (TPSA) is 84.7 Å². The number of pyridine rings is 1. The molecular weight excluding hydrogens is 292 g/mol. The highest BCUT2D eigenvalue weighted by Gasteiger charge is 2.14. The summed E-state index contributed by atoms with van der Waals surface area (Å²) >= 11 is 0. The predicted molar refractivity (Wildman–Crippen MR) is 85.9 cm³/mol. The minimum atomic E-state index is -0.166. The summed E-state index contributed by atoms with van der Waals surface area (Å²) in [6, 6.07) is 5.71. The molecule has 7 nitrogen and oxygen atoms in total. The Kier molecular flexibility index (Phi) is 5.31. The lowest BCUT2D eigenvalue weighted by Crippen LogP contribution is -2.33. The highest BCUT2D eigenvalue weighted by molar-refractivity contribution is 5.91. The molecule has 1 aliphatic heterocycles. The van der Waals surface area contributed by atoms with Crippen LogP contribution >= 0.6 is 0 Å². The number of amides is 1. The van der Waals surface area contributed by atoms with Crippen LogP contribution in [0.5, 0.6) is 0 Å². The number of piperidine rings is 1. The van der Waals surface area contributed by atoms with Crippen LogP contribution in [-0.4, -0.2) is 45.5 Å². The van der Waals surface area contributed by atoms with Gasteiger partial charge in [0.15, 0.2) is 5.69 Å². The fourth-order valence-electron chi connectivity index (χ4n) is 2.79. The van der Waals surface area contributed by atoms with Crippen LogP contribution in [0.25, 0.3) is 0 Å². The van der Waals surface area contributed by atoms with Crippen molar-refractivity contribution < 1.29 is 4.79 Å². The molecule has 0 aliphatic carbocycles. The molecule has 2 aromatic rings. The number of nitrogens with zero attached hydrogens (tertiary/aromatic N) is 4. The van der Waals surface area contributed by atoms with Gasteiger partial charge in [-0.1, -0.05) is 11.3 Å². The van der Waals surface area contributed by atoms with Gasteiger partial charge in [-0.25, -0.2) is 4.68 Å². The van der Waals surface area contributed by atoms with Crippen LogP contribution in [-0.2, 0) is 6.54 Å². The summed E-state index contributed by atoms with van der Waals surface area (Å²) in [6.07, 6.45) is 6.86. The number of carbonyl (C=O) groups excluding carboxylic acids is 1. The number of hydrogen-bond donors (Lipinski definition) is 2. The molecular formula is C16H22N6O. The van der Waals surface area contributed by atoms with Crippen molar-refractivity contribution in [2.75, 3.05) is 19.6 Å². The van der Waals surface area contributed by atoms with Gasteiger partial charge in [0.25, 0.3) is 5.91 Å². The lowest BCUT2D eigenvalue weighted by Gasteiger charge is -2.22. The predicted octanol–water partition coefficient (Wildman–Crippen LogP) is 0.841. The third-order valence-electron chi connectivity index (χ3n) is 4.06. The van der Waals surface area contributed by atoms with Gasteiger partial charge in [0, 0.05) is 12.7 Å². The van der Waals surface area contributed by atoms with E-state index in [0.717, 1.165) is 25.2 Å². The number of aromatic nitrogens is 4. The van der Waals surface area contributed by atoms with E-state index in [1.807, 2.05) is 18.2 Å². The Balaban J connectivity index is 1.46. The third kappa shape index (κ3) is 4.59. The van der Waals surface area contributed by atoms with Crippen molar-refractivity contribution in [2.45, 2.75) is 25.8 Å². The lowest BCUT2D eigenvalue weighted by atomic mass is 9.96. The first-order valence-electron chi connectivity index (χ1n) is 8.10. The van der Waals surface area contributed by atoms with E-state index in [1.165, 1.54) is 12.8 Å². The molecule has 122 valence electrons. The second-order valence-electron chi connectivity index (χ2n) is 5.88. The first-order chi connectivity index (χ1) is 11.3. The first-order valence-corrected chi connectivity index (χ1v) is 8.10. The molecule has 1 saturated heterocycles. The van der Waals surface area contributed by atoms with Crippen molar-refractivity contribution >= 4 is 5.91 Å². The molecule has 0 spiro atoms. The van der Waals surface area contributed by atoms with Crippen molar-refractivity contribution in [3.63, 3.8) is 0 Å². The van der Waals surface area contributed by atoms with Crippen molar-refractivity contribution in [1.82, 2.24) is 30.6 Å². The first kappa shape index (κ1) is 15.6. The van der Waals surface area contributed by atoms with Gasteiger partial charge in [0.05, 0.1) is 18.4 Å². The molecule has 2 aromatic heterocycles. The number of rotatable bonds is 6. The molecule has 0 bridgehead atoms. The maximum absolute atomic E-state index is 12.1. The molecule has 1 amide bonds. The third-order valence-corrected chi connectivity index (χ3v) is 4.06. The molecule has 0 radical (unpaired) electrons. The normalized spacial score (nSPS) is 17.8. The minimum absolute atomic E-state index is 0.166. The van der Waals surface area contributed by atoms with Gasteiger partial charge in [-0.15, -0.1) is 5.10 Å². The number of nitrogens with one attached hydrogen (secondary N) is 2. The maximum atomic E-state index is 12.1. The number of carbonyl (C=O) groups is 1. The second kappa shape index (κ2) is 7.82. The Morgan fingerprint density at radius 3 is 3.17 bits per heavy atom. The van der Waals surface area contributed by atoms with E-state index in [2.05, 4.69) is 25.9 Å². The standard InChI is InChI=1S/C16H22N6O/c23-16(19-9-6-13-4-3-7-17-10-13)15-12-22(21-20-15)11-14-5-1-2-8-18-14/h1-2,5,8,12-13,17H,3-4,6-7,9-11H2,(H,19,23). The smallest absolute Gasteiger partial charge is 0.273 e. The Labute approximate surface area is 135 Å². The van der Waals surface area contributed by atoms with E-state index in [1.54, 1.807) is 17.1 Å². The monoisotopic (exact) mass is 314 g/mol. The van der Waals surface area contributed by atoms with Gasteiger partial charge < -0.3 is 10.6 Å². The van der Waals surface area contributed by atoms with Crippen molar-refractivity contribution in [1.29, 1.82) is 0 Å². The summed E-state index contributed by atoms with van der Waals surface area (Å²) in [6.45, 7) is 3.35. The van der Waals surface area contributed by atoms with Crippen molar-refractivity contribution in [3.8, 4) is 0 Å². The Morgan fingerprint density at radius 2 is 2.39 bits per heavy atom. The Bertz CT molecular complexity index is 621. The zero-order valence-electron chi connectivity index (χ0n) is 13.1. The average molecular weight is 314 g/mol. The molecule has 1 unspecified atom stereocenters. The Hall–Kier alpha value is -2.28. The summed E-state index contributed by atoms with van der Waals surface area (Å²) in [5, 5.41) is 14.2. The van der Waals surface area contributed by atoms with E-state index in [4.69, 9.17) is 0 Å². The molecule has 1 fully saturated rings. The van der Waals surface area contributed by atoms with E-state index < -0.39 is 0 Å². The molecule has 3 heterocycles. The summed E-state index contributed by atoms with van der Waals surface area (Å²) < 4.78 is 1.63. The molecule has 3 rings (SSSR count). The zero-order valence-corrected chi connectivity index (χ0v) is 13.1. The zero-order chi connectivity index (χ0) is 15.9. The van der Waals surface area contributed by atoms with Crippen molar-refractivity contribution in [2.24, 2.45) is 5.92 Å². The van der Waals surface area contributed by atoms with Crippen LogP contribution < -0.4 is 10.6 Å². The van der Waals surface area contributed by atoms with E-state index in [0.29, 0.717) is 24.7 Å². The van der Waals surface area contributed by atoms with Gasteiger partial charge in [0.2, 0.25) is 0 Å². The quantitative estimate of drug-likeness (QED) is 0.825. The van der Waals surface area contributed by atoms with Crippen molar-refractivity contribution in [3.05, 3.63) is 42.0 Å². The molecule has 23 heavy (non-hydrogen) atoms. The van der Waals surface area contributed by atoms with Crippen LogP contribution in [0.1, 0.15) is 35.4 Å². The summed E-state index contributed by atoms with van der Waals surface area (Å²) in [4.78, 5) is 16.3. The summed E-state index contributed by atoms with van der Waals surface area (Å²) in [5.74, 6) is 0.491. The maximum Gasteiger partial charge on any atom is 0.273 e. The molecule has 1 aliphatic rings.